The van der Waals surface area contributed by atoms with Crippen LogP contribution in [0, 0.1) is 0 Å². The quantitative estimate of drug-likeness (QED) is 0.916. The fraction of sp³-hybridized carbons (Fsp3) is 0.250. The normalized spacial score (nSPS) is 18.5. The van der Waals surface area contributed by atoms with E-state index in [1.54, 1.807) is 12.1 Å². The van der Waals surface area contributed by atoms with Crippen molar-refractivity contribution in [1.29, 1.82) is 0 Å². The molecule has 2 atom stereocenters. The van der Waals surface area contributed by atoms with E-state index in [1.165, 1.54) is 5.01 Å². The highest BCUT2D eigenvalue weighted by molar-refractivity contribution is 5.95. The number of carbonyl (C=O) groups excluding carboxylic acids is 4. The number of rotatable bonds is 4. The van der Waals surface area contributed by atoms with Crippen LogP contribution >= 0.6 is 0 Å². The molecule has 0 spiro atoms. The average Bonchev–Trinajstić information content (AvgIpc) is 2.99. The number of hydrogen-bond donors (Lipinski definition) is 1. The zero-order chi connectivity index (χ0) is 18.9. The van der Waals surface area contributed by atoms with Gasteiger partial charge in [0, 0.05) is 17.9 Å². The van der Waals surface area contributed by atoms with Crippen molar-refractivity contribution in [2.75, 3.05) is 0 Å². The first-order valence-electron chi connectivity index (χ1n) is 8.34. The Bertz CT molecular complexity index is 771. The molecule has 1 fully saturated rings. The molecular formula is C20H20N2O4. The summed E-state index contributed by atoms with van der Waals surface area (Å²) in [5, 5.41) is 1.52. The molecule has 6 nitrogen and oxygen atoms in total. The second-order valence-corrected chi connectivity index (χ2v) is 5.85. The molecule has 1 aliphatic heterocycles. The zero-order valence-electron chi connectivity index (χ0n) is 14.4. The van der Waals surface area contributed by atoms with E-state index in [2.05, 4.69) is 5.43 Å². The Kier molecular flexibility index (Phi) is 6.83. The summed E-state index contributed by atoms with van der Waals surface area (Å²) >= 11 is 0. The van der Waals surface area contributed by atoms with E-state index in [1.807, 2.05) is 55.5 Å². The molecule has 2 aromatic rings. The smallest absolute Gasteiger partial charge is 0.273 e. The Labute approximate surface area is 151 Å². The lowest BCUT2D eigenvalue weighted by Gasteiger charge is -2.27. The van der Waals surface area contributed by atoms with Crippen LogP contribution in [0.1, 0.15) is 41.6 Å². The van der Waals surface area contributed by atoms with Gasteiger partial charge >= 0.3 is 6.15 Å². The van der Waals surface area contributed by atoms with Gasteiger partial charge in [-0.2, -0.15) is 9.59 Å². The number of amides is 2. The van der Waals surface area contributed by atoms with E-state index in [9.17, 15) is 9.59 Å². The van der Waals surface area contributed by atoms with Crippen LogP contribution in [-0.2, 0) is 14.4 Å². The SMILES string of the molecule is CC[C@H]1[C@H](c2ccccc2)CC(=O)N1NC(=O)c1ccccc1.O=C=O. The molecule has 0 bridgehead atoms. The predicted octanol–water partition coefficient (Wildman–Crippen LogP) is 2.54. The van der Waals surface area contributed by atoms with Gasteiger partial charge in [-0.15, -0.1) is 0 Å². The van der Waals surface area contributed by atoms with Gasteiger partial charge in [0.15, 0.2) is 0 Å². The minimum atomic E-state index is -0.244. The van der Waals surface area contributed by atoms with Crippen molar-refractivity contribution in [3.63, 3.8) is 0 Å². The predicted molar refractivity (Wildman–Crippen MR) is 93.6 cm³/mol. The molecule has 134 valence electrons. The van der Waals surface area contributed by atoms with Crippen LogP contribution in [-0.4, -0.2) is 29.0 Å². The molecule has 0 saturated carbocycles. The van der Waals surface area contributed by atoms with Crippen LogP contribution in [0.25, 0.3) is 0 Å². The number of benzene rings is 2. The summed E-state index contributed by atoms with van der Waals surface area (Å²) in [6.07, 6.45) is 1.47. The third kappa shape index (κ3) is 4.43. The van der Waals surface area contributed by atoms with Crippen molar-refractivity contribution < 1.29 is 19.2 Å². The maximum absolute atomic E-state index is 12.4. The number of nitrogens with one attached hydrogen (secondary N) is 1. The first kappa shape index (κ1) is 19.1. The molecule has 0 aromatic heterocycles. The van der Waals surface area contributed by atoms with E-state index >= 15 is 0 Å². The fourth-order valence-corrected chi connectivity index (χ4v) is 3.20. The van der Waals surface area contributed by atoms with Gasteiger partial charge in [-0.05, 0) is 24.1 Å². The lowest BCUT2D eigenvalue weighted by molar-refractivity contribution is -0.191. The Morgan fingerprint density at radius 3 is 2.15 bits per heavy atom. The van der Waals surface area contributed by atoms with E-state index < -0.39 is 0 Å². The van der Waals surface area contributed by atoms with E-state index in [4.69, 9.17) is 9.59 Å². The summed E-state index contributed by atoms with van der Waals surface area (Å²) < 4.78 is 0. The minimum absolute atomic E-state index is 0.0161. The van der Waals surface area contributed by atoms with Gasteiger partial charge in [0.25, 0.3) is 5.91 Å². The molecule has 0 unspecified atom stereocenters. The molecule has 1 aliphatic rings. The van der Waals surface area contributed by atoms with Gasteiger partial charge in [-0.25, -0.2) is 0 Å². The summed E-state index contributed by atoms with van der Waals surface area (Å²) in [6, 6.07) is 19.0. The third-order valence-electron chi connectivity index (χ3n) is 4.36. The third-order valence-corrected chi connectivity index (χ3v) is 4.36. The summed E-state index contributed by atoms with van der Waals surface area (Å²) in [6.45, 7) is 2.04. The molecule has 3 rings (SSSR count). The van der Waals surface area contributed by atoms with Gasteiger partial charge in [-0.3, -0.25) is 20.0 Å². The van der Waals surface area contributed by atoms with Crippen LogP contribution in [0.3, 0.4) is 0 Å². The summed E-state index contributed by atoms with van der Waals surface area (Å²) in [5.41, 5.74) is 4.49. The highest BCUT2D eigenvalue weighted by atomic mass is 16.2. The van der Waals surface area contributed by atoms with E-state index in [0.717, 1.165) is 12.0 Å². The first-order chi connectivity index (χ1) is 12.6. The molecular weight excluding hydrogens is 332 g/mol. The van der Waals surface area contributed by atoms with Crippen molar-refractivity contribution in [2.24, 2.45) is 0 Å². The molecule has 26 heavy (non-hydrogen) atoms. The number of carbonyl (C=O) groups is 2. The van der Waals surface area contributed by atoms with Gasteiger partial charge in [-0.1, -0.05) is 55.5 Å². The summed E-state index contributed by atoms with van der Waals surface area (Å²) in [5.74, 6) is -0.161. The summed E-state index contributed by atoms with van der Waals surface area (Å²) in [4.78, 5) is 41.0. The van der Waals surface area contributed by atoms with Crippen LogP contribution in [0.4, 0.5) is 0 Å². The van der Waals surface area contributed by atoms with E-state index in [-0.39, 0.29) is 29.9 Å². The largest absolute Gasteiger partial charge is 0.373 e. The van der Waals surface area contributed by atoms with Gasteiger partial charge in [0.2, 0.25) is 5.91 Å². The van der Waals surface area contributed by atoms with Gasteiger partial charge < -0.3 is 0 Å². The second-order valence-electron chi connectivity index (χ2n) is 5.85. The Morgan fingerprint density at radius 1 is 1.08 bits per heavy atom. The Balaban J connectivity index is 0.000000758. The van der Waals surface area contributed by atoms with Gasteiger partial charge in [0.1, 0.15) is 0 Å². The molecule has 0 radical (unpaired) electrons. The second kappa shape index (κ2) is 9.30. The Morgan fingerprint density at radius 2 is 1.62 bits per heavy atom. The topological polar surface area (TPSA) is 83.6 Å². The van der Waals surface area contributed by atoms with Crippen molar-refractivity contribution in [3.05, 3.63) is 71.8 Å². The number of hydrogen-bond acceptors (Lipinski definition) is 4. The first-order valence-corrected chi connectivity index (χ1v) is 8.34. The average molecular weight is 352 g/mol. The van der Waals surface area contributed by atoms with Crippen LogP contribution in [0.5, 0.6) is 0 Å². The number of nitrogens with zero attached hydrogens (tertiary/aromatic N) is 1. The van der Waals surface area contributed by atoms with Crippen LogP contribution < -0.4 is 5.43 Å². The van der Waals surface area contributed by atoms with Crippen molar-refractivity contribution >= 4 is 18.0 Å². The molecule has 6 heteroatoms. The molecule has 2 amide bonds. The van der Waals surface area contributed by atoms with Crippen molar-refractivity contribution in [2.45, 2.75) is 31.7 Å². The van der Waals surface area contributed by atoms with Crippen molar-refractivity contribution in [1.82, 2.24) is 10.4 Å². The molecule has 2 aromatic carbocycles. The summed E-state index contributed by atoms with van der Waals surface area (Å²) in [7, 11) is 0. The molecule has 0 aliphatic carbocycles. The standard InChI is InChI=1S/C19H20N2O2.CO2/c1-2-17-16(14-9-5-3-6-10-14)13-18(22)21(17)20-19(23)15-11-7-4-8-12-15;2-1-3/h3-12,16-17H,2,13H2,1H3,(H,20,23);/t16-,17-;/m0./s1. The van der Waals surface area contributed by atoms with Gasteiger partial charge in [0.05, 0.1) is 6.04 Å². The maximum Gasteiger partial charge on any atom is 0.373 e. The molecule has 1 saturated heterocycles. The minimum Gasteiger partial charge on any atom is -0.273 e. The van der Waals surface area contributed by atoms with E-state index in [0.29, 0.717) is 12.0 Å². The van der Waals surface area contributed by atoms with Crippen LogP contribution in [0.2, 0.25) is 0 Å². The lowest BCUT2D eigenvalue weighted by Crippen LogP contribution is -2.48. The van der Waals surface area contributed by atoms with Crippen molar-refractivity contribution in [3.8, 4) is 0 Å². The fourth-order valence-electron chi connectivity index (χ4n) is 3.20. The lowest BCUT2D eigenvalue weighted by atomic mass is 9.90. The molecule has 1 heterocycles. The highest BCUT2D eigenvalue weighted by Gasteiger charge is 2.40. The Hall–Kier alpha value is -3.24. The zero-order valence-corrected chi connectivity index (χ0v) is 14.4. The highest BCUT2D eigenvalue weighted by Crippen LogP contribution is 2.34. The number of hydrazine groups is 1. The molecule has 1 N–H and O–H groups in total. The monoisotopic (exact) mass is 352 g/mol. The van der Waals surface area contributed by atoms with Crippen LogP contribution in [0.15, 0.2) is 60.7 Å². The maximum atomic E-state index is 12.4.